The number of amides is 1. The van der Waals surface area contributed by atoms with Crippen molar-refractivity contribution < 1.29 is 9.90 Å². The van der Waals surface area contributed by atoms with Crippen LogP contribution in [0.25, 0.3) is 0 Å². The Kier molecular flexibility index (Phi) is 6.83. The number of nitrogens with zero attached hydrogens (tertiary/aromatic N) is 1. The zero-order chi connectivity index (χ0) is 17.7. The molecule has 1 aromatic rings. The Morgan fingerprint density at radius 3 is 2.54 bits per heavy atom. The standard InChI is InChI=1S/C17H26ClN3O3/c1-11-14(17(24)20-12(2)15(11)18)16(23)19-9-13(22)10-21-7-5-3-4-6-8-21/h13,22H,3-10H2,1-2H3,(H,19,23)(H,20,24). The van der Waals surface area contributed by atoms with E-state index in [2.05, 4.69) is 15.2 Å². The number of halogens is 1. The molecule has 1 unspecified atom stereocenters. The summed E-state index contributed by atoms with van der Waals surface area (Å²) in [4.78, 5) is 29.1. The number of hydrogen-bond acceptors (Lipinski definition) is 4. The molecular formula is C17H26ClN3O3. The molecule has 2 heterocycles. The summed E-state index contributed by atoms with van der Waals surface area (Å²) in [6.07, 6.45) is 4.11. The molecule has 2 rings (SSSR count). The molecule has 7 heteroatoms. The summed E-state index contributed by atoms with van der Waals surface area (Å²) in [6, 6.07) is 0. The maximum Gasteiger partial charge on any atom is 0.261 e. The van der Waals surface area contributed by atoms with E-state index in [4.69, 9.17) is 11.6 Å². The number of aromatic amines is 1. The maximum atomic E-state index is 12.3. The normalized spacial score (nSPS) is 17.3. The summed E-state index contributed by atoms with van der Waals surface area (Å²) in [5.41, 5.74) is 0.538. The molecule has 1 aliphatic rings. The summed E-state index contributed by atoms with van der Waals surface area (Å²) < 4.78 is 0. The largest absolute Gasteiger partial charge is 0.390 e. The number of β-amino-alcohol motifs (C(OH)–C–C–N with tert-alkyl or cyclic N) is 1. The molecule has 24 heavy (non-hydrogen) atoms. The van der Waals surface area contributed by atoms with E-state index in [1.807, 2.05) is 0 Å². The number of carbonyl (C=O) groups excluding carboxylic acids is 1. The number of rotatable bonds is 5. The van der Waals surface area contributed by atoms with Crippen molar-refractivity contribution in [1.29, 1.82) is 0 Å². The van der Waals surface area contributed by atoms with Crippen molar-refractivity contribution in [2.75, 3.05) is 26.2 Å². The lowest BCUT2D eigenvalue weighted by Gasteiger charge is -2.23. The fraction of sp³-hybridized carbons (Fsp3) is 0.647. The van der Waals surface area contributed by atoms with Gasteiger partial charge < -0.3 is 20.3 Å². The van der Waals surface area contributed by atoms with Gasteiger partial charge >= 0.3 is 0 Å². The third kappa shape index (κ3) is 4.82. The lowest BCUT2D eigenvalue weighted by atomic mass is 10.1. The number of likely N-dealkylation sites (tertiary alicyclic amines) is 1. The lowest BCUT2D eigenvalue weighted by Crippen LogP contribution is -2.41. The molecule has 0 spiro atoms. The Morgan fingerprint density at radius 1 is 1.29 bits per heavy atom. The van der Waals surface area contributed by atoms with Crippen LogP contribution in [-0.2, 0) is 0 Å². The molecule has 1 fully saturated rings. The van der Waals surface area contributed by atoms with Crippen molar-refractivity contribution >= 4 is 17.5 Å². The summed E-state index contributed by atoms with van der Waals surface area (Å²) in [5.74, 6) is -0.509. The van der Waals surface area contributed by atoms with Gasteiger partial charge in [0.05, 0.1) is 11.1 Å². The van der Waals surface area contributed by atoms with Crippen molar-refractivity contribution in [3.8, 4) is 0 Å². The quantitative estimate of drug-likeness (QED) is 0.749. The van der Waals surface area contributed by atoms with Gasteiger partial charge in [-0.1, -0.05) is 24.4 Å². The topological polar surface area (TPSA) is 85.4 Å². The third-order valence-electron chi connectivity index (χ3n) is 4.45. The van der Waals surface area contributed by atoms with Gasteiger partial charge in [-0.25, -0.2) is 0 Å². The van der Waals surface area contributed by atoms with Gasteiger partial charge in [-0.15, -0.1) is 0 Å². The second-order valence-electron chi connectivity index (χ2n) is 6.47. The molecule has 1 aromatic heterocycles. The summed E-state index contributed by atoms with van der Waals surface area (Å²) in [5, 5.41) is 13.2. The van der Waals surface area contributed by atoms with Crippen LogP contribution in [0.2, 0.25) is 5.02 Å². The van der Waals surface area contributed by atoms with Crippen LogP contribution >= 0.6 is 11.6 Å². The van der Waals surface area contributed by atoms with Gasteiger partial charge in [0.25, 0.3) is 11.5 Å². The molecular weight excluding hydrogens is 330 g/mol. The predicted octanol–water partition coefficient (Wildman–Crippen LogP) is 1.61. The summed E-state index contributed by atoms with van der Waals surface area (Å²) in [7, 11) is 0. The van der Waals surface area contributed by atoms with Crippen molar-refractivity contribution in [3.05, 3.63) is 32.2 Å². The fourth-order valence-electron chi connectivity index (χ4n) is 3.10. The number of nitrogens with one attached hydrogen (secondary N) is 2. The van der Waals surface area contributed by atoms with Gasteiger partial charge in [0.2, 0.25) is 0 Å². The Morgan fingerprint density at radius 2 is 1.92 bits per heavy atom. The number of aromatic nitrogens is 1. The third-order valence-corrected chi connectivity index (χ3v) is 5.02. The molecule has 0 aromatic carbocycles. The van der Waals surface area contributed by atoms with Crippen LogP contribution in [0.3, 0.4) is 0 Å². The molecule has 0 radical (unpaired) electrons. The average molecular weight is 356 g/mol. The minimum Gasteiger partial charge on any atom is -0.390 e. The molecule has 1 saturated heterocycles. The molecule has 134 valence electrons. The van der Waals surface area contributed by atoms with Crippen LogP contribution in [0.4, 0.5) is 0 Å². The molecule has 0 aliphatic carbocycles. The van der Waals surface area contributed by atoms with Gasteiger partial charge in [-0.05, 0) is 45.3 Å². The van der Waals surface area contributed by atoms with E-state index >= 15 is 0 Å². The maximum absolute atomic E-state index is 12.3. The highest BCUT2D eigenvalue weighted by Gasteiger charge is 2.19. The highest BCUT2D eigenvalue weighted by Crippen LogP contribution is 2.18. The number of hydrogen-bond donors (Lipinski definition) is 3. The Balaban J connectivity index is 1.93. The number of aliphatic hydroxyl groups is 1. The van der Waals surface area contributed by atoms with E-state index in [1.165, 1.54) is 12.8 Å². The van der Waals surface area contributed by atoms with Crippen LogP contribution in [-0.4, -0.2) is 53.2 Å². The van der Waals surface area contributed by atoms with Gasteiger partial charge in [0.1, 0.15) is 5.56 Å². The van der Waals surface area contributed by atoms with Gasteiger partial charge in [-0.2, -0.15) is 0 Å². The Hall–Kier alpha value is -1.37. The average Bonchev–Trinajstić information content (AvgIpc) is 2.79. The number of H-pyrrole nitrogens is 1. The zero-order valence-electron chi connectivity index (χ0n) is 14.3. The highest BCUT2D eigenvalue weighted by molar-refractivity contribution is 6.32. The van der Waals surface area contributed by atoms with Crippen LogP contribution < -0.4 is 10.9 Å². The molecule has 0 bridgehead atoms. The van der Waals surface area contributed by atoms with Crippen molar-refractivity contribution in [2.45, 2.75) is 45.6 Å². The molecule has 1 aliphatic heterocycles. The van der Waals surface area contributed by atoms with Crippen LogP contribution in [0.5, 0.6) is 0 Å². The second kappa shape index (κ2) is 8.65. The Labute approximate surface area is 147 Å². The van der Waals surface area contributed by atoms with Gasteiger partial charge in [0, 0.05) is 18.8 Å². The zero-order valence-corrected chi connectivity index (χ0v) is 15.1. The smallest absolute Gasteiger partial charge is 0.261 e. The molecule has 3 N–H and O–H groups in total. The first-order valence-electron chi connectivity index (χ1n) is 8.47. The Bertz CT molecular complexity index is 637. The van der Waals surface area contributed by atoms with Gasteiger partial charge in [-0.3, -0.25) is 9.59 Å². The van der Waals surface area contributed by atoms with Crippen molar-refractivity contribution in [2.24, 2.45) is 0 Å². The second-order valence-corrected chi connectivity index (χ2v) is 6.85. The predicted molar refractivity (Wildman–Crippen MR) is 94.8 cm³/mol. The highest BCUT2D eigenvalue weighted by atomic mass is 35.5. The van der Waals surface area contributed by atoms with Crippen LogP contribution in [0.1, 0.15) is 47.3 Å². The van der Waals surface area contributed by atoms with E-state index in [0.29, 0.717) is 22.8 Å². The van der Waals surface area contributed by atoms with Gasteiger partial charge in [0.15, 0.2) is 0 Å². The van der Waals surface area contributed by atoms with Crippen molar-refractivity contribution in [1.82, 2.24) is 15.2 Å². The fourth-order valence-corrected chi connectivity index (χ4v) is 3.24. The summed E-state index contributed by atoms with van der Waals surface area (Å²) >= 11 is 6.10. The van der Waals surface area contributed by atoms with E-state index in [-0.39, 0.29) is 12.1 Å². The first-order chi connectivity index (χ1) is 11.4. The molecule has 6 nitrogen and oxygen atoms in total. The van der Waals surface area contributed by atoms with Crippen LogP contribution in [0, 0.1) is 13.8 Å². The SMILES string of the molecule is Cc1[nH]c(=O)c(C(=O)NCC(O)CN2CCCCCC2)c(C)c1Cl. The number of pyridine rings is 1. The lowest BCUT2D eigenvalue weighted by molar-refractivity contribution is 0.0860. The van der Waals surface area contributed by atoms with Crippen molar-refractivity contribution in [3.63, 3.8) is 0 Å². The first kappa shape index (κ1) is 19.0. The first-order valence-corrected chi connectivity index (χ1v) is 8.85. The number of aliphatic hydroxyl groups excluding tert-OH is 1. The number of aryl methyl sites for hydroxylation is 1. The number of carbonyl (C=O) groups is 1. The molecule has 1 amide bonds. The summed E-state index contributed by atoms with van der Waals surface area (Å²) in [6.45, 7) is 5.94. The monoisotopic (exact) mass is 355 g/mol. The van der Waals surface area contributed by atoms with E-state index in [9.17, 15) is 14.7 Å². The molecule has 1 atom stereocenters. The minimum atomic E-state index is -0.660. The van der Waals surface area contributed by atoms with E-state index in [0.717, 1.165) is 25.9 Å². The molecule has 0 saturated carbocycles. The van der Waals surface area contributed by atoms with Crippen LogP contribution in [0.15, 0.2) is 4.79 Å². The van der Waals surface area contributed by atoms with E-state index < -0.39 is 17.6 Å². The minimum absolute atomic E-state index is 0.00701. The van der Waals surface area contributed by atoms with E-state index in [1.54, 1.807) is 13.8 Å².